The molecule has 1 heterocycles. The zero-order valence-electron chi connectivity index (χ0n) is 14.1. The van der Waals surface area contributed by atoms with Crippen LogP contribution in [0.3, 0.4) is 0 Å². The van der Waals surface area contributed by atoms with Crippen molar-refractivity contribution in [2.45, 2.75) is 38.8 Å². The molecule has 1 N–H and O–H groups in total. The number of benzene rings is 1. The van der Waals surface area contributed by atoms with Crippen molar-refractivity contribution in [1.29, 1.82) is 0 Å². The Balaban J connectivity index is 2.31. The fraction of sp³-hybridized carbons (Fsp3) is 0.529. The van der Waals surface area contributed by atoms with Gasteiger partial charge in [0.25, 0.3) is 0 Å². The van der Waals surface area contributed by atoms with E-state index in [9.17, 15) is 9.59 Å². The molecular weight excluding hydrogens is 296 g/mol. The highest BCUT2D eigenvalue weighted by Crippen LogP contribution is 2.27. The van der Waals surface area contributed by atoms with Crippen LogP contribution in [-0.4, -0.2) is 42.7 Å². The number of ether oxygens (including phenoxy) is 2. The van der Waals surface area contributed by atoms with Crippen LogP contribution in [0.15, 0.2) is 24.3 Å². The number of amides is 2. The van der Waals surface area contributed by atoms with Crippen molar-refractivity contribution in [3.63, 3.8) is 0 Å². The lowest BCUT2D eigenvalue weighted by atomic mass is 10.0. The molecule has 1 unspecified atom stereocenters. The van der Waals surface area contributed by atoms with Crippen molar-refractivity contribution in [1.82, 2.24) is 10.2 Å². The van der Waals surface area contributed by atoms with Crippen molar-refractivity contribution in [2.24, 2.45) is 0 Å². The van der Waals surface area contributed by atoms with E-state index in [0.717, 1.165) is 5.56 Å². The third-order valence-corrected chi connectivity index (χ3v) is 3.49. The van der Waals surface area contributed by atoms with Gasteiger partial charge in [0.2, 0.25) is 5.91 Å². The maximum absolute atomic E-state index is 12.5. The topological polar surface area (TPSA) is 67.9 Å². The first-order chi connectivity index (χ1) is 10.8. The number of carbonyl (C=O) groups excluding carboxylic acids is 2. The Bertz CT molecular complexity index is 563. The van der Waals surface area contributed by atoms with E-state index in [2.05, 4.69) is 5.32 Å². The summed E-state index contributed by atoms with van der Waals surface area (Å²) in [5, 5.41) is 2.85. The fourth-order valence-corrected chi connectivity index (χ4v) is 2.46. The first-order valence-electron chi connectivity index (χ1n) is 7.73. The number of carbonyl (C=O) groups is 2. The van der Waals surface area contributed by atoms with Gasteiger partial charge in [-0.3, -0.25) is 9.69 Å². The van der Waals surface area contributed by atoms with Gasteiger partial charge in [0.1, 0.15) is 17.4 Å². The van der Waals surface area contributed by atoms with E-state index in [1.54, 1.807) is 31.4 Å². The Labute approximate surface area is 136 Å². The first-order valence-corrected chi connectivity index (χ1v) is 7.73. The van der Waals surface area contributed by atoms with Crippen LogP contribution >= 0.6 is 0 Å². The number of hydrogen-bond donors (Lipinski definition) is 1. The summed E-state index contributed by atoms with van der Waals surface area (Å²) in [6.45, 7) is 6.44. The van der Waals surface area contributed by atoms with Gasteiger partial charge in [0.05, 0.1) is 7.11 Å². The predicted molar refractivity (Wildman–Crippen MR) is 86.3 cm³/mol. The fourth-order valence-electron chi connectivity index (χ4n) is 2.46. The number of rotatable bonds is 2. The van der Waals surface area contributed by atoms with Crippen molar-refractivity contribution in [3.05, 3.63) is 29.8 Å². The van der Waals surface area contributed by atoms with Crippen molar-refractivity contribution in [3.8, 4) is 5.75 Å². The second-order valence-electron chi connectivity index (χ2n) is 6.49. The van der Waals surface area contributed by atoms with Crippen molar-refractivity contribution in [2.75, 3.05) is 20.2 Å². The van der Waals surface area contributed by atoms with Gasteiger partial charge >= 0.3 is 6.09 Å². The summed E-state index contributed by atoms with van der Waals surface area (Å²) in [5.41, 5.74) is 0.126. The summed E-state index contributed by atoms with van der Waals surface area (Å²) < 4.78 is 10.6. The molecule has 2 amide bonds. The highest BCUT2D eigenvalue weighted by molar-refractivity contribution is 5.87. The van der Waals surface area contributed by atoms with Crippen LogP contribution in [0.1, 0.15) is 38.8 Å². The largest absolute Gasteiger partial charge is 0.497 e. The zero-order valence-corrected chi connectivity index (χ0v) is 14.1. The van der Waals surface area contributed by atoms with Crippen LogP contribution in [-0.2, 0) is 9.53 Å². The molecule has 1 aromatic rings. The van der Waals surface area contributed by atoms with Gasteiger partial charge in [0, 0.05) is 13.1 Å². The first kappa shape index (κ1) is 17.1. The third kappa shape index (κ3) is 4.37. The Hall–Kier alpha value is -2.24. The highest BCUT2D eigenvalue weighted by atomic mass is 16.6. The molecule has 126 valence electrons. The van der Waals surface area contributed by atoms with Gasteiger partial charge in [-0.05, 0) is 44.9 Å². The molecule has 0 spiro atoms. The van der Waals surface area contributed by atoms with E-state index in [4.69, 9.17) is 9.47 Å². The minimum atomic E-state index is -0.696. The second kappa shape index (κ2) is 6.89. The Kier molecular flexibility index (Phi) is 5.13. The molecule has 1 saturated heterocycles. The summed E-state index contributed by atoms with van der Waals surface area (Å²) >= 11 is 0. The Morgan fingerprint density at radius 3 is 2.48 bits per heavy atom. The minimum Gasteiger partial charge on any atom is -0.497 e. The van der Waals surface area contributed by atoms with Gasteiger partial charge in [-0.2, -0.15) is 0 Å². The van der Waals surface area contributed by atoms with Crippen molar-refractivity contribution >= 4 is 12.0 Å². The number of nitrogens with zero attached hydrogens (tertiary/aromatic N) is 1. The Morgan fingerprint density at radius 2 is 1.91 bits per heavy atom. The molecular formula is C17H24N2O4. The number of methoxy groups -OCH3 is 1. The average Bonchev–Trinajstić information content (AvgIpc) is 2.67. The lowest BCUT2D eigenvalue weighted by Crippen LogP contribution is -2.43. The van der Waals surface area contributed by atoms with E-state index in [1.165, 1.54) is 4.90 Å². The van der Waals surface area contributed by atoms with Crippen LogP contribution < -0.4 is 10.1 Å². The number of nitrogens with one attached hydrogen (secondary N) is 1. The van der Waals surface area contributed by atoms with E-state index in [1.807, 2.05) is 20.8 Å². The molecule has 0 aliphatic carbocycles. The average molecular weight is 320 g/mol. The van der Waals surface area contributed by atoms with Gasteiger partial charge in [-0.1, -0.05) is 12.1 Å². The molecule has 1 aromatic carbocycles. The van der Waals surface area contributed by atoms with Crippen LogP contribution in [0.2, 0.25) is 0 Å². The van der Waals surface area contributed by atoms with E-state index < -0.39 is 17.7 Å². The molecule has 1 fully saturated rings. The van der Waals surface area contributed by atoms with E-state index >= 15 is 0 Å². The lowest BCUT2D eigenvalue weighted by Gasteiger charge is -2.31. The quantitative estimate of drug-likeness (QED) is 0.909. The molecule has 6 heteroatoms. The summed E-state index contributed by atoms with van der Waals surface area (Å²) in [5.74, 6) is 0.505. The monoisotopic (exact) mass is 320 g/mol. The van der Waals surface area contributed by atoms with Crippen LogP contribution in [0.25, 0.3) is 0 Å². The zero-order chi connectivity index (χ0) is 17.0. The molecule has 2 rings (SSSR count). The summed E-state index contributed by atoms with van der Waals surface area (Å²) in [7, 11) is 1.58. The predicted octanol–water partition coefficient (Wildman–Crippen LogP) is 2.49. The summed E-state index contributed by atoms with van der Waals surface area (Å²) in [4.78, 5) is 26.5. The number of hydrogen-bond acceptors (Lipinski definition) is 4. The lowest BCUT2D eigenvalue weighted by molar-refractivity contribution is -0.125. The van der Waals surface area contributed by atoms with Crippen LogP contribution in [0.5, 0.6) is 5.75 Å². The molecule has 6 nitrogen and oxygen atoms in total. The molecule has 0 radical (unpaired) electrons. The molecule has 1 aliphatic heterocycles. The van der Waals surface area contributed by atoms with Crippen LogP contribution in [0.4, 0.5) is 4.79 Å². The molecule has 23 heavy (non-hydrogen) atoms. The SMILES string of the molecule is COc1ccc(C2C(=O)NCCCN2C(=O)OC(C)(C)C)cc1. The maximum Gasteiger partial charge on any atom is 0.411 e. The Morgan fingerprint density at radius 1 is 1.26 bits per heavy atom. The van der Waals surface area contributed by atoms with Gasteiger partial charge in [0.15, 0.2) is 0 Å². The highest BCUT2D eigenvalue weighted by Gasteiger charge is 2.35. The molecule has 0 bridgehead atoms. The molecule has 0 saturated carbocycles. The van der Waals surface area contributed by atoms with Gasteiger partial charge < -0.3 is 14.8 Å². The van der Waals surface area contributed by atoms with Crippen LogP contribution in [0, 0.1) is 0 Å². The summed E-state index contributed by atoms with van der Waals surface area (Å²) in [6.07, 6.45) is 0.216. The van der Waals surface area contributed by atoms with E-state index in [-0.39, 0.29) is 5.91 Å². The molecule has 1 aliphatic rings. The smallest absolute Gasteiger partial charge is 0.411 e. The second-order valence-corrected chi connectivity index (χ2v) is 6.49. The van der Waals surface area contributed by atoms with Crippen molar-refractivity contribution < 1.29 is 19.1 Å². The normalized spacial score (nSPS) is 18.9. The maximum atomic E-state index is 12.5. The van der Waals surface area contributed by atoms with Gasteiger partial charge in [-0.25, -0.2) is 4.79 Å². The minimum absolute atomic E-state index is 0.196. The standard InChI is InChI=1S/C17H24N2O4/c1-17(2,3)23-16(21)19-11-5-10-18-15(20)14(19)12-6-8-13(22-4)9-7-12/h6-9,14H,5,10-11H2,1-4H3,(H,18,20). The van der Waals surface area contributed by atoms with E-state index in [0.29, 0.717) is 25.3 Å². The summed E-state index contributed by atoms with van der Waals surface area (Å²) in [6, 6.07) is 6.46. The molecule has 0 aromatic heterocycles. The molecule has 1 atom stereocenters. The third-order valence-electron chi connectivity index (χ3n) is 3.49. The van der Waals surface area contributed by atoms with Gasteiger partial charge in [-0.15, -0.1) is 0 Å².